The standard InChI is InChI=1S/C12H17N3S/c1-3-15(4-2)12(16)14-11(13)10-8-6-5-7-9-10/h5-9H,3-4H2,1-2H3,(H2,13,14,16). The summed E-state index contributed by atoms with van der Waals surface area (Å²) in [7, 11) is 0. The largest absolute Gasteiger partial charge is 0.383 e. The van der Waals surface area contributed by atoms with Crippen LogP contribution in [0.2, 0.25) is 0 Å². The molecule has 0 unspecified atom stereocenters. The number of thiocarbonyl (C=S) groups is 1. The number of nitrogens with zero attached hydrogens (tertiary/aromatic N) is 2. The average molecular weight is 235 g/mol. The first kappa shape index (κ1) is 12.6. The Bertz CT molecular complexity index is 369. The molecule has 0 saturated carbocycles. The van der Waals surface area contributed by atoms with Crippen molar-refractivity contribution in [2.75, 3.05) is 13.1 Å². The second-order valence-corrected chi connectivity index (χ2v) is 3.68. The van der Waals surface area contributed by atoms with Crippen molar-refractivity contribution in [2.24, 2.45) is 10.7 Å². The molecule has 0 aliphatic heterocycles. The molecule has 0 spiro atoms. The summed E-state index contributed by atoms with van der Waals surface area (Å²) in [6.07, 6.45) is 0. The predicted octanol–water partition coefficient (Wildman–Crippen LogP) is 2.02. The zero-order valence-corrected chi connectivity index (χ0v) is 10.5. The van der Waals surface area contributed by atoms with E-state index in [9.17, 15) is 0 Å². The first-order valence-electron chi connectivity index (χ1n) is 5.37. The number of hydrogen-bond acceptors (Lipinski definition) is 1. The molecule has 1 rings (SSSR count). The quantitative estimate of drug-likeness (QED) is 0.495. The van der Waals surface area contributed by atoms with Gasteiger partial charge in [-0.25, -0.2) is 4.99 Å². The highest BCUT2D eigenvalue weighted by molar-refractivity contribution is 7.80. The highest BCUT2D eigenvalue weighted by Gasteiger charge is 2.05. The van der Waals surface area contributed by atoms with Gasteiger partial charge in [0.15, 0.2) is 5.11 Å². The van der Waals surface area contributed by atoms with E-state index in [4.69, 9.17) is 18.0 Å². The van der Waals surface area contributed by atoms with Crippen molar-refractivity contribution in [2.45, 2.75) is 13.8 Å². The Kier molecular flexibility index (Phi) is 4.92. The number of hydrogen-bond donors (Lipinski definition) is 1. The van der Waals surface area contributed by atoms with Gasteiger partial charge in [0.1, 0.15) is 5.84 Å². The van der Waals surface area contributed by atoms with Crippen LogP contribution in [0.15, 0.2) is 35.3 Å². The fourth-order valence-electron chi connectivity index (χ4n) is 1.34. The van der Waals surface area contributed by atoms with Crippen LogP contribution in [0.3, 0.4) is 0 Å². The van der Waals surface area contributed by atoms with Gasteiger partial charge in [-0.2, -0.15) is 0 Å². The van der Waals surface area contributed by atoms with E-state index < -0.39 is 0 Å². The van der Waals surface area contributed by atoms with Gasteiger partial charge in [-0.1, -0.05) is 30.3 Å². The summed E-state index contributed by atoms with van der Waals surface area (Å²) in [5.41, 5.74) is 6.78. The summed E-state index contributed by atoms with van der Waals surface area (Å²) in [5.74, 6) is 0.470. The summed E-state index contributed by atoms with van der Waals surface area (Å²) < 4.78 is 0. The third-order valence-corrected chi connectivity index (χ3v) is 2.67. The van der Waals surface area contributed by atoms with Crippen LogP contribution in [0.5, 0.6) is 0 Å². The van der Waals surface area contributed by atoms with Crippen molar-refractivity contribution in [1.29, 1.82) is 0 Å². The first-order valence-corrected chi connectivity index (χ1v) is 5.78. The Morgan fingerprint density at radius 2 is 1.81 bits per heavy atom. The van der Waals surface area contributed by atoms with Crippen LogP contribution in [0.4, 0.5) is 0 Å². The molecule has 0 bridgehead atoms. The number of benzene rings is 1. The van der Waals surface area contributed by atoms with E-state index in [0.29, 0.717) is 10.9 Å². The minimum atomic E-state index is 0.470. The van der Waals surface area contributed by atoms with Crippen LogP contribution in [0.1, 0.15) is 19.4 Å². The minimum absolute atomic E-state index is 0.470. The van der Waals surface area contributed by atoms with Gasteiger partial charge in [0.25, 0.3) is 0 Å². The monoisotopic (exact) mass is 235 g/mol. The number of rotatable bonds is 3. The Morgan fingerprint density at radius 3 is 2.31 bits per heavy atom. The van der Waals surface area contributed by atoms with E-state index in [1.54, 1.807) is 0 Å². The van der Waals surface area contributed by atoms with Crippen molar-refractivity contribution in [3.63, 3.8) is 0 Å². The van der Waals surface area contributed by atoms with Gasteiger partial charge in [0, 0.05) is 18.7 Å². The van der Waals surface area contributed by atoms with Crippen LogP contribution < -0.4 is 5.73 Å². The molecule has 0 fully saturated rings. The molecule has 1 aromatic rings. The zero-order valence-electron chi connectivity index (χ0n) is 9.68. The van der Waals surface area contributed by atoms with Crippen LogP contribution in [0.25, 0.3) is 0 Å². The fourth-order valence-corrected chi connectivity index (χ4v) is 1.70. The lowest BCUT2D eigenvalue weighted by atomic mass is 10.2. The van der Waals surface area contributed by atoms with E-state index in [1.165, 1.54) is 0 Å². The third kappa shape index (κ3) is 3.31. The van der Waals surface area contributed by atoms with Gasteiger partial charge in [0.2, 0.25) is 0 Å². The first-order chi connectivity index (χ1) is 7.69. The molecule has 0 aromatic heterocycles. The van der Waals surface area contributed by atoms with Gasteiger partial charge in [-0.05, 0) is 26.1 Å². The van der Waals surface area contributed by atoms with Gasteiger partial charge in [-0.3, -0.25) is 0 Å². The Morgan fingerprint density at radius 1 is 1.25 bits per heavy atom. The summed E-state index contributed by atoms with van der Waals surface area (Å²) in [4.78, 5) is 6.23. The number of aliphatic imine (C=N–C) groups is 1. The summed E-state index contributed by atoms with van der Waals surface area (Å²) in [5, 5.41) is 0.548. The van der Waals surface area contributed by atoms with E-state index in [2.05, 4.69) is 4.99 Å². The smallest absolute Gasteiger partial charge is 0.197 e. The molecule has 16 heavy (non-hydrogen) atoms. The lowest BCUT2D eigenvalue weighted by Crippen LogP contribution is -2.29. The normalized spacial score (nSPS) is 11.2. The average Bonchev–Trinajstić information content (AvgIpc) is 2.31. The van der Waals surface area contributed by atoms with Gasteiger partial charge < -0.3 is 10.6 Å². The Hall–Kier alpha value is -1.42. The molecule has 1 aromatic carbocycles. The molecule has 0 heterocycles. The van der Waals surface area contributed by atoms with E-state index >= 15 is 0 Å². The van der Waals surface area contributed by atoms with Gasteiger partial charge in [0.05, 0.1) is 0 Å². The zero-order chi connectivity index (χ0) is 12.0. The molecule has 86 valence electrons. The SMILES string of the molecule is CCN(CC)C(=S)N=C(N)c1ccccc1. The maximum atomic E-state index is 5.88. The van der Waals surface area contributed by atoms with Crippen molar-refractivity contribution in [3.05, 3.63) is 35.9 Å². The van der Waals surface area contributed by atoms with E-state index in [0.717, 1.165) is 18.7 Å². The van der Waals surface area contributed by atoms with E-state index in [1.807, 2.05) is 49.1 Å². The van der Waals surface area contributed by atoms with Gasteiger partial charge >= 0.3 is 0 Å². The second kappa shape index (κ2) is 6.23. The maximum absolute atomic E-state index is 5.88. The summed E-state index contributed by atoms with van der Waals surface area (Å²) in [6, 6.07) is 9.64. The lowest BCUT2D eigenvalue weighted by Gasteiger charge is -2.18. The molecule has 0 amide bonds. The van der Waals surface area contributed by atoms with Crippen LogP contribution in [0, 0.1) is 0 Å². The molecule has 2 N–H and O–H groups in total. The van der Waals surface area contributed by atoms with Crippen LogP contribution in [-0.4, -0.2) is 28.9 Å². The molecular formula is C12H17N3S. The summed E-state index contributed by atoms with van der Waals surface area (Å²) >= 11 is 5.21. The Balaban J connectivity index is 2.81. The highest BCUT2D eigenvalue weighted by atomic mass is 32.1. The molecule has 0 aliphatic rings. The highest BCUT2D eigenvalue weighted by Crippen LogP contribution is 2.00. The van der Waals surface area contributed by atoms with Crippen molar-refractivity contribution in [3.8, 4) is 0 Å². The predicted molar refractivity (Wildman–Crippen MR) is 72.7 cm³/mol. The summed E-state index contributed by atoms with van der Waals surface area (Å²) in [6.45, 7) is 5.79. The second-order valence-electron chi connectivity index (χ2n) is 3.32. The molecule has 0 saturated heterocycles. The lowest BCUT2D eigenvalue weighted by molar-refractivity contribution is 0.469. The van der Waals surface area contributed by atoms with E-state index in [-0.39, 0.29) is 0 Å². The molecular weight excluding hydrogens is 218 g/mol. The fraction of sp³-hybridized carbons (Fsp3) is 0.333. The van der Waals surface area contributed by atoms with Crippen LogP contribution >= 0.6 is 12.2 Å². The molecule has 0 aliphatic carbocycles. The maximum Gasteiger partial charge on any atom is 0.197 e. The van der Waals surface area contributed by atoms with Gasteiger partial charge in [-0.15, -0.1) is 0 Å². The van der Waals surface area contributed by atoms with Crippen molar-refractivity contribution >= 4 is 23.2 Å². The topological polar surface area (TPSA) is 41.6 Å². The Labute approximate surface area is 102 Å². The molecule has 0 radical (unpaired) electrons. The number of nitrogens with two attached hydrogens (primary N) is 1. The third-order valence-electron chi connectivity index (χ3n) is 2.32. The number of amidine groups is 1. The van der Waals surface area contributed by atoms with Crippen molar-refractivity contribution < 1.29 is 0 Å². The molecule has 3 nitrogen and oxygen atoms in total. The van der Waals surface area contributed by atoms with Crippen LogP contribution in [-0.2, 0) is 0 Å². The molecule has 0 atom stereocenters. The minimum Gasteiger partial charge on any atom is -0.383 e. The van der Waals surface area contributed by atoms with Crippen molar-refractivity contribution in [1.82, 2.24) is 4.90 Å². The molecule has 4 heteroatoms.